The lowest BCUT2D eigenvalue weighted by molar-refractivity contribution is -0.347. The summed E-state index contributed by atoms with van der Waals surface area (Å²) in [7, 11) is 0. The monoisotopic (exact) mass is 839 g/mol. The van der Waals surface area contributed by atoms with Crippen LogP contribution in [0.15, 0.2) is 41.5 Å². The van der Waals surface area contributed by atoms with Crippen LogP contribution in [0.2, 0.25) is 0 Å². The molecule has 16 heteroatoms. The quantitative estimate of drug-likeness (QED) is 0.193. The summed E-state index contributed by atoms with van der Waals surface area (Å²) in [6.07, 6.45) is -7.16. The topological polar surface area (TPSA) is 231 Å². The molecule has 2 aliphatic heterocycles. The smallest absolute Gasteiger partial charge is 0.408 e. The highest BCUT2D eigenvalue weighted by atomic mass is 16.6. The molecule has 11 atom stereocenters. The van der Waals surface area contributed by atoms with E-state index in [-0.39, 0.29) is 37.0 Å². The molecular formula is C44H57NO15. The van der Waals surface area contributed by atoms with Gasteiger partial charge in [0, 0.05) is 38.5 Å². The lowest BCUT2D eigenvalue weighted by atomic mass is 9.44. The molecule has 328 valence electrons. The van der Waals surface area contributed by atoms with Crippen molar-refractivity contribution in [2.75, 3.05) is 6.61 Å². The first-order chi connectivity index (χ1) is 27.9. The molecule has 11 unspecified atom stereocenters. The largest absolute Gasteiger partial charge is 0.459 e. The Hall–Kier alpha value is -4.64. The predicted octanol–water partition coefficient (Wildman–Crippen LogP) is 3.71. The van der Waals surface area contributed by atoms with Crippen LogP contribution in [0.25, 0.3) is 6.08 Å². The molecule has 60 heavy (non-hydrogen) atoms. The molecule has 2 heterocycles. The van der Waals surface area contributed by atoms with Crippen LogP contribution in [0.1, 0.15) is 112 Å². The van der Waals surface area contributed by atoms with Crippen molar-refractivity contribution in [3.8, 4) is 0 Å². The van der Waals surface area contributed by atoms with Crippen LogP contribution in [0.5, 0.6) is 0 Å². The second kappa shape index (κ2) is 16.0. The van der Waals surface area contributed by atoms with Crippen LogP contribution in [-0.2, 0) is 52.4 Å². The molecular weight excluding hydrogens is 782 g/mol. The minimum absolute atomic E-state index is 0.0147. The number of nitrogens with one attached hydrogen (secondary N) is 1. The molecule has 1 amide bonds. The molecule has 16 nitrogen and oxygen atoms in total. The predicted molar refractivity (Wildman–Crippen MR) is 210 cm³/mol. The zero-order chi connectivity index (χ0) is 44.3. The fourth-order valence-electron chi connectivity index (χ4n) is 10.0. The number of carbonyl (C=O) groups excluding carboxylic acids is 6. The fourth-order valence-corrected chi connectivity index (χ4v) is 10.0. The minimum Gasteiger partial charge on any atom is -0.459 e. The maximum atomic E-state index is 15.4. The molecule has 2 saturated carbocycles. The first-order valence-corrected chi connectivity index (χ1v) is 20.4. The van der Waals surface area contributed by atoms with Gasteiger partial charge < -0.3 is 49.1 Å². The number of alkyl carbamates (subject to hydrolysis) is 1. The number of ketones is 1. The van der Waals surface area contributed by atoms with Crippen molar-refractivity contribution in [2.24, 2.45) is 16.7 Å². The number of amides is 1. The number of fused-ring (bicyclic) bond motifs is 8. The van der Waals surface area contributed by atoms with Crippen LogP contribution in [0.3, 0.4) is 0 Å². The van der Waals surface area contributed by atoms with Gasteiger partial charge in [0.1, 0.15) is 29.5 Å². The van der Waals surface area contributed by atoms with Crippen molar-refractivity contribution < 1.29 is 72.5 Å². The number of carbonyl (C=O) groups is 6. The van der Waals surface area contributed by atoms with Gasteiger partial charge in [-0.05, 0) is 75.8 Å². The number of hydrogen-bond acceptors (Lipinski definition) is 15. The summed E-state index contributed by atoms with van der Waals surface area (Å²) in [5, 5.41) is 40.0. The maximum absolute atomic E-state index is 15.4. The summed E-state index contributed by atoms with van der Waals surface area (Å²) >= 11 is 0. The maximum Gasteiger partial charge on any atom is 0.408 e. The number of benzene rings is 1. The third-order valence-corrected chi connectivity index (χ3v) is 13.0. The van der Waals surface area contributed by atoms with Crippen LogP contribution in [-0.4, -0.2) is 111 Å². The van der Waals surface area contributed by atoms with Gasteiger partial charge in [0.15, 0.2) is 23.6 Å². The van der Waals surface area contributed by atoms with Crippen molar-refractivity contribution in [1.82, 2.24) is 5.32 Å². The van der Waals surface area contributed by atoms with Gasteiger partial charge in [-0.3, -0.25) is 19.2 Å². The Labute approximate surface area is 348 Å². The Balaban J connectivity index is 1.58. The van der Waals surface area contributed by atoms with E-state index < -0.39 is 118 Å². The third-order valence-electron chi connectivity index (χ3n) is 13.0. The lowest BCUT2D eigenvalue weighted by Crippen LogP contribution is -2.82. The van der Waals surface area contributed by atoms with E-state index in [4.69, 9.17) is 28.4 Å². The molecule has 1 aromatic carbocycles. The lowest BCUT2D eigenvalue weighted by Gasteiger charge is -2.67. The molecule has 0 radical (unpaired) electrons. The molecule has 5 aliphatic rings. The third kappa shape index (κ3) is 7.75. The van der Waals surface area contributed by atoms with E-state index in [9.17, 15) is 39.3 Å². The molecule has 3 aliphatic carbocycles. The average molecular weight is 840 g/mol. The van der Waals surface area contributed by atoms with E-state index >= 15 is 4.79 Å². The molecule has 1 saturated heterocycles. The Morgan fingerprint density at radius 1 is 1.00 bits per heavy atom. The molecule has 1 aromatic rings. The van der Waals surface area contributed by atoms with Gasteiger partial charge in [0.25, 0.3) is 0 Å². The van der Waals surface area contributed by atoms with E-state index in [2.05, 4.69) is 5.32 Å². The highest BCUT2D eigenvalue weighted by molar-refractivity contribution is 5.95. The zero-order valence-electron chi connectivity index (χ0n) is 35.6. The van der Waals surface area contributed by atoms with Crippen molar-refractivity contribution in [2.45, 2.75) is 154 Å². The normalized spacial score (nSPS) is 36.6. The zero-order valence-corrected chi connectivity index (χ0v) is 35.6. The van der Waals surface area contributed by atoms with Gasteiger partial charge in [-0.2, -0.15) is 0 Å². The van der Waals surface area contributed by atoms with E-state index in [0.29, 0.717) is 17.5 Å². The highest BCUT2D eigenvalue weighted by Crippen LogP contribution is 2.64. The molecule has 3 fully saturated rings. The SMILES string of the molecule is CC(=O)OC1C(=O)C2(C)C(O)CC3OCC3(OC(C)=O)C2C2OC(=O)CCCC=Cc3cccc(c3)C(NC(=O)OC(C)(C)C)C(O)C(=O)OC3CC2(O)C(C)(C)C1=C3C. The van der Waals surface area contributed by atoms with Crippen LogP contribution in [0.4, 0.5) is 4.79 Å². The standard InChI is InChI=1S/C44H57NO15/c1-22-27-20-44(54)37(35-42(9,28(48)19-29-43(35,21-55-29)59-24(3)47)36(51)34(56-23(2)46)31(22)41(44,7)8)58-30(49)17-12-10-11-14-25-15-13-16-26(18-25)32(33(50)38(52)57-27)45-39(53)60-40(4,5)6/h11,13-16,18,27-29,32-35,37,48,50,54H,10,12,17,19-21H2,1-9H3,(H,45,53). The average Bonchev–Trinajstić information content (AvgIpc) is 3.13. The van der Waals surface area contributed by atoms with Crippen molar-refractivity contribution in [1.29, 1.82) is 0 Å². The number of rotatable bonds is 3. The second-order valence-electron chi connectivity index (χ2n) is 18.4. The molecule has 4 N–H and O–H groups in total. The number of allylic oxidation sites excluding steroid dienone is 1. The number of aliphatic hydroxyl groups excluding tert-OH is 2. The first kappa shape index (κ1) is 44.9. The number of ether oxygens (including phenoxy) is 6. The number of hydrogen-bond donors (Lipinski definition) is 4. The van der Waals surface area contributed by atoms with Crippen molar-refractivity contribution >= 4 is 41.8 Å². The van der Waals surface area contributed by atoms with E-state index in [1.807, 2.05) is 6.08 Å². The molecule has 6 rings (SSSR count). The Bertz CT molecular complexity index is 2000. The van der Waals surface area contributed by atoms with E-state index in [0.717, 1.165) is 13.8 Å². The van der Waals surface area contributed by atoms with Gasteiger partial charge in [-0.15, -0.1) is 0 Å². The van der Waals surface area contributed by atoms with Crippen molar-refractivity contribution in [3.05, 3.63) is 52.6 Å². The Morgan fingerprint density at radius 2 is 1.70 bits per heavy atom. The molecule has 0 aromatic heterocycles. The van der Waals surface area contributed by atoms with Gasteiger partial charge in [-0.1, -0.05) is 44.2 Å². The summed E-state index contributed by atoms with van der Waals surface area (Å²) < 4.78 is 35.6. The number of aliphatic hydroxyl groups is 3. The Kier molecular flexibility index (Phi) is 12.0. The number of Topliss-reactive ketones (excluding diaryl/α,β-unsaturated/α-hetero) is 1. The summed E-state index contributed by atoms with van der Waals surface area (Å²) in [4.78, 5) is 82.8. The van der Waals surface area contributed by atoms with Gasteiger partial charge in [0.2, 0.25) is 0 Å². The molecule has 0 spiro atoms. The van der Waals surface area contributed by atoms with Gasteiger partial charge >= 0.3 is 30.0 Å². The second-order valence-corrected chi connectivity index (χ2v) is 18.4. The van der Waals surface area contributed by atoms with Crippen LogP contribution < -0.4 is 5.32 Å². The first-order valence-electron chi connectivity index (χ1n) is 20.4. The van der Waals surface area contributed by atoms with E-state index in [1.54, 1.807) is 65.0 Å². The number of esters is 4. The fraction of sp³-hybridized carbons (Fsp3) is 0.636. The minimum atomic E-state index is -2.34. The van der Waals surface area contributed by atoms with Gasteiger partial charge in [-0.25, -0.2) is 9.59 Å². The molecule has 5 bridgehead atoms. The summed E-state index contributed by atoms with van der Waals surface area (Å²) in [6.45, 7) is 13.0. The summed E-state index contributed by atoms with van der Waals surface area (Å²) in [5.41, 5.74) is -7.47. The summed E-state index contributed by atoms with van der Waals surface area (Å²) in [6, 6.07) is 5.31. The Morgan fingerprint density at radius 3 is 2.32 bits per heavy atom. The summed E-state index contributed by atoms with van der Waals surface area (Å²) in [5.74, 6) is -6.00. The van der Waals surface area contributed by atoms with Gasteiger partial charge in [0.05, 0.1) is 30.1 Å². The van der Waals surface area contributed by atoms with Crippen LogP contribution >= 0.6 is 0 Å². The van der Waals surface area contributed by atoms with E-state index in [1.165, 1.54) is 13.8 Å². The van der Waals surface area contributed by atoms with Crippen molar-refractivity contribution in [3.63, 3.8) is 0 Å². The van der Waals surface area contributed by atoms with Crippen LogP contribution in [0, 0.1) is 16.7 Å². The highest BCUT2D eigenvalue weighted by Gasteiger charge is 2.78.